The number of benzene rings is 1. The first-order valence-electron chi connectivity index (χ1n) is 8.09. The van der Waals surface area contributed by atoms with Crippen LogP contribution in [0.25, 0.3) is 11.0 Å². The Morgan fingerprint density at radius 2 is 1.88 bits per heavy atom. The van der Waals surface area contributed by atoms with Gasteiger partial charge < -0.3 is 14.1 Å². The smallest absolute Gasteiger partial charge is 0.135 e. The van der Waals surface area contributed by atoms with Crippen LogP contribution in [0.15, 0.2) is 41.1 Å². The van der Waals surface area contributed by atoms with Gasteiger partial charge >= 0.3 is 0 Å². The molecule has 0 saturated heterocycles. The molecule has 4 rings (SSSR count). The molecular formula is C19H21Cl3N2O2. The van der Waals surface area contributed by atoms with E-state index in [0.717, 1.165) is 41.4 Å². The van der Waals surface area contributed by atoms with Crippen molar-refractivity contribution in [2.24, 2.45) is 0 Å². The third-order valence-corrected chi connectivity index (χ3v) is 4.87. The van der Waals surface area contributed by atoms with Gasteiger partial charge in [-0.2, -0.15) is 0 Å². The average molecular weight is 416 g/mol. The van der Waals surface area contributed by atoms with E-state index in [1.54, 1.807) is 12.4 Å². The van der Waals surface area contributed by atoms with E-state index in [9.17, 15) is 0 Å². The van der Waals surface area contributed by atoms with Crippen LogP contribution in [0.2, 0.25) is 5.02 Å². The van der Waals surface area contributed by atoms with Crippen molar-refractivity contribution in [3.05, 3.63) is 64.1 Å². The number of likely N-dealkylation sites (N-methyl/N-ethyl adjacent to an activating group) is 1. The molecule has 2 aromatic heterocycles. The molecule has 1 aliphatic heterocycles. The first-order valence-corrected chi connectivity index (χ1v) is 8.47. The summed E-state index contributed by atoms with van der Waals surface area (Å²) >= 11 is 6.43. The van der Waals surface area contributed by atoms with Crippen molar-refractivity contribution in [3.8, 4) is 0 Å². The van der Waals surface area contributed by atoms with Gasteiger partial charge in [-0.05, 0) is 48.9 Å². The van der Waals surface area contributed by atoms with E-state index in [1.807, 2.05) is 24.3 Å². The molecule has 0 atom stereocenters. The van der Waals surface area contributed by atoms with Crippen LogP contribution in [0, 0.1) is 0 Å². The van der Waals surface area contributed by atoms with Gasteiger partial charge in [-0.15, -0.1) is 24.8 Å². The Labute approximate surface area is 170 Å². The Morgan fingerprint density at radius 1 is 1.12 bits per heavy atom. The van der Waals surface area contributed by atoms with Gasteiger partial charge in [0.1, 0.15) is 18.0 Å². The van der Waals surface area contributed by atoms with E-state index in [1.165, 1.54) is 16.5 Å². The Kier molecular flexibility index (Phi) is 7.33. The quantitative estimate of drug-likeness (QED) is 0.599. The van der Waals surface area contributed by atoms with Gasteiger partial charge in [0.2, 0.25) is 0 Å². The maximum Gasteiger partial charge on any atom is 0.135 e. The van der Waals surface area contributed by atoms with Crippen LogP contribution in [0.1, 0.15) is 22.5 Å². The maximum atomic E-state index is 6.43. The summed E-state index contributed by atoms with van der Waals surface area (Å²) in [5.74, 6) is 0.899. The predicted molar refractivity (Wildman–Crippen MR) is 108 cm³/mol. The van der Waals surface area contributed by atoms with Crippen molar-refractivity contribution < 1.29 is 9.15 Å². The molecule has 0 bridgehead atoms. The monoisotopic (exact) mass is 414 g/mol. The highest BCUT2D eigenvalue weighted by atomic mass is 35.5. The fourth-order valence-corrected chi connectivity index (χ4v) is 3.52. The lowest BCUT2D eigenvalue weighted by molar-refractivity contribution is 0.0927. The fraction of sp³-hybridized carbons (Fsp3) is 0.316. The molecule has 7 heteroatoms. The number of pyridine rings is 1. The second-order valence-electron chi connectivity index (χ2n) is 6.24. The summed E-state index contributed by atoms with van der Waals surface area (Å²) < 4.78 is 12.0. The minimum Gasteiger partial charge on any atom is -0.458 e. The van der Waals surface area contributed by atoms with E-state index < -0.39 is 0 Å². The first-order chi connectivity index (χ1) is 11.7. The molecule has 0 fully saturated rings. The number of hydrogen-bond acceptors (Lipinski definition) is 4. The molecule has 3 heterocycles. The van der Waals surface area contributed by atoms with Gasteiger partial charge in [0.05, 0.1) is 6.61 Å². The summed E-state index contributed by atoms with van der Waals surface area (Å²) in [5, 5.41) is 2.00. The molecule has 0 aliphatic carbocycles. The van der Waals surface area contributed by atoms with Gasteiger partial charge in [-0.1, -0.05) is 11.6 Å². The molecule has 1 aliphatic rings. The molecule has 0 saturated carbocycles. The van der Waals surface area contributed by atoms with E-state index in [0.29, 0.717) is 13.2 Å². The highest BCUT2D eigenvalue weighted by molar-refractivity contribution is 6.32. The minimum atomic E-state index is 0. The van der Waals surface area contributed by atoms with Gasteiger partial charge in [0.15, 0.2) is 0 Å². The topological polar surface area (TPSA) is 38.5 Å². The molecule has 0 spiro atoms. The van der Waals surface area contributed by atoms with Crippen LogP contribution < -0.4 is 0 Å². The Bertz CT molecular complexity index is 868. The minimum absolute atomic E-state index is 0. The summed E-state index contributed by atoms with van der Waals surface area (Å²) in [6.07, 6.45) is 4.49. The van der Waals surface area contributed by atoms with E-state index in [-0.39, 0.29) is 24.8 Å². The summed E-state index contributed by atoms with van der Waals surface area (Å²) in [5.41, 5.74) is 4.41. The zero-order valence-electron chi connectivity index (χ0n) is 14.4. The normalized spacial score (nSPS) is 13.8. The lowest BCUT2D eigenvalue weighted by Crippen LogP contribution is -2.19. The third kappa shape index (κ3) is 4.16. The van der Waals surface area contributed by atoms with Crippen LogP contribution in [-0.2, 0) is 30.9 Å². The molecule has 1 aromatic carbocycles. The molecule has 140 valence electrons. The summed E-state index contributed by atoms with van der Waals surface area (Å²) in [6.45, 7) is 2.85. The second kappa shape index (κ2) is 9.07. The Hall–Kier alpha value is -1.30. The molecule has 0 unspecified atom stereocenters. The number of aromatic nitrogens is 1. The van der Waals surface area contributed by atoms with Crippen LogP contribution >= 0.6 is 36.4 Å². The standard InChI is InChI=1S/C19H19ClN2O2.2ClH/c1-22-9-6-14-16(20)2-3-17-19(14)15(10-22)18(24-17)12-23-11-13-4-7-21-8-5-13;;/h2-5,7-8H,6,9-12H2,1H3;2*1H. The van der Waals surface area contributed by atoms with Crippen molar-refractivity contribution in [1.82, 2.24) is 9.88 Å². The number of hydrogen-bond donors (Lipinski definition) is 0. The zero-order chi connectivity index (χ0) is 16.5. The third-order valence-electron chi connectivity index (χ3n) is 4.51. The zero-order valence-corrected chi connectivity index (χ0v) is 16.8. The van der Waals surface area contributed by atoms with Crippen molar-refractivity contribution in [2.45, 2.75) is 26.2 Å². The highest BCUT2D eigenvalue weighted by Gasteiger charge is 2.23. The first kappa shape index (κ1) is 21.0. The largest absolute Gasteiger partial charge is 0.458 e. The van der Waals surface area contributed by atoms with E-state index in [2.05, 4.69) is 16.9 Å². The van der Waals surface area contributed by atoms with Crippen molar-refractivity contribution in [2.75, 3.05) is 13.6 Å². The fourth-order valence-electron chi connectivity index (χ4n) is 3.27. The van der Waals surface area contributed by atoms with Gasteiger partial charge in [-0.3, -0.25) is 4.98 Å². The molecule has 0 radical (unpaired) electrons. The van der Waals surface area contributed by atoms with Crippen LogP contribution in [0.4, 0.5) is 0 Å². The number of rotatable bonds is 4. The summed E-state index contributed by atoms with van der Waals surface area (Å²) in [6, 6.07) is 7.81. The average Bonchev–Trinajstić information content (AvgIpc) is 2.81. The van der Waals surface area contributed by atoms with E-state index >= 15 is 0 Å². The van der Waals surface area contributed by atoms with E-state index in [4.69, 9.17) is 20.8 Å². The summed E-state index contributed by atoms with van der Waals surface area (Å²) in [4.78, 5) is 6.32. The van der Waals surface area contributed by atoms with Gasteiger partial charge in [-0.25, -0.2) is 0 Å². The van der Waals surface area contributed by atoms with Crippen molar-refractivity contribution in [3.63, 3.8) is 0 Å². The predicted octanol–water partition coefficient (Wildman–Crippen LogP) is 5.03. The highest BCUT2D eigenvalue weighted by Crippen LogP contribution is 2.36. The number of ether oxygens (including phenoxy) is 1. The van der Waals surface area contributed by atoms with Gasteiger partial charge in [0.25, 0.3) is 0 Å². The lowest BCUT2D eigenvalue weighted by Gasteiger charge is -2.13. The second-order valence-corrected chi connectivity index (χ2v) is 6.65. The number of furan rings is 1. The SMILES string of the molecule is CN1CCc2c(Cl)ccc3oc(COCc4ccncc4)c(c23)C1.Cl.Cl. The molecule has 0 amide bonds. The summed E-state index contributed by atoms with van der Waals surface area (Å²) in [7, 11) is 2.13. The maximum absolute atomic E-state index is 6.43. The molecule has 4 nitrogen and oxygen atoms in total. The number of halogens is 3. The van der Waals surface area contributed by atoms with Crippen LogP contribution in [-0.4, -0.2) is 23.5 Å². The molecular weight excluding hydrogens is 395 g/mol. The Morgan fingerprint density at radius 3 is 2.65 bits per heavy atom. The molecule has 3 aromatic rings. The molecule has 26 heavy (non-hydrogen) atoms. The number of nitrogens with zero attached hydrogens (tertiary/aromatic N) is 2. The van der Waals surface area contributed by atoms with Crippen LogP contribution in [0.5, 0.6) is 0 Å². The van der Waals surface area contributed by atoms with Gasteiger partial charge in [0, 0.05) is 41.5 Å². The lowest BCUT2D eigenvalue weighted by atomic mass is 10.0. The van der Waals surface area contributed by atoms with Crippen molar-refractivity contribution >= 4 is 47.4 Å². The Balaban J connectivity index is 0.00000121. The van der Waals surface area contributed by atoms with Crippen LogP contribution in [0.3, 0.4) is 0 Å². The molecule has 0 N–H and O–H groups in total. The van der Waals surface area contributed by atoms with Crippen molar-refractivity contribution in [1.29, 1.82) is 0 Å².